The Hall–Kier alpha value is -2.32. The van der Waals surface area contributed by atoms with Crippen LogP contribution in [-0.4, -0.2) is 51.8 Å². The van der Waals surface area contributed by atoms with E-state index in [4.69, 9.17) is 19.9 Å². The van der Waals surface area contributed by atoms with Gasteiger partial charge in [-0.2, -0.15) is 0 Å². The van der Waals surface area contributed by atoms with E-state index in [1.807, 2.05) is 0 Å². The van der Waals surface area contributed by atoms with Crippen LogP contribution in [0, 0.1) is 0 Å². The van der Waals surface area contributed by atoms with E-state index < -0.39 is 12.1 Å². The fourth-order valence-electron chi connectivity index (χ4n) is 2.67. The third kappa shape index (κ3) is 4.83. The molecule has 0 aliphatic carbocycles. The molecule has 1 aliphatic heterocycles. The van der Waals surface area contributed by atoms with E-state index in [1.54, 1.807) is 25.3 Å². The highest BCUT2D eigenvalue weighted by Gasteiger charge is 2.36. The van der Waals surface area contributed by atoms with Crippen molar-refractivity contribution in [1.82, 2.24) is 10.6 Å². The van der Waals surface area contributed by atoms with Crippen LogP contribution in [0.15, 0.2) is 18.2 Å². The van der Waals surface area contributed by atoms with Crippen LogP contribution >= 0.6 is 0 Å². The summed E-state index contributed by atoms with van der Waals surface area (Å²) >= 11 is 0. The summed E-state index contributed by atoms with van der Waals surface area (Å²) in [7, 11) is 3.07. The number of carbonyl (C=O) groups is 2. The van der Waals surface area contributed by atoms with Crippen LogP contribution in [-0.2, 0) is 14.3 Å². The molecule has 8 heteroatoms. The van der Waals surface area contributed by atoms with Gasteiger partial charge in [-0.3, -0.25) is 9.59 Å². The molecule has 8 nitrogen and oxygen atoms in total. The minimum absolute atomic E-state index is 0.148. The third-order valence-corrected chi connectivity index (χ3v) is 3.97. The van der Waals surface area contributed by atoms with Crippen LogP contribution in [0.2, 0.25) is 0 Å². The third-order valence-electron chi connectivity index (χ3n) is 3.97. The number of unbranched alkanes of at least 4 members (excludes halogenated alkanes) is 1. The second-order valence-corrected chi connectivity index (χ2v) is 5.68. The van der Waals surface area contributed by atoms with Gasteiger partial charge in [-0.25, -0.2) is 0 Å². The average Bonchev–Trinajstić information content (AvgIpc) is 2.64. The van der Waals surface area contributed by atoms with Gasteiger partial charge in [0.05, 0.1) is 20.3 Å². The fourth-order valence-corrected chi connectivity index (χ4v) is 2.67. The van der Waals surface area contributed by atoms with Crippen LogP contribution in [0.1, 0.15) is 24.4 Å². The number of rotatable bonds is 8. The summed E-state index contributed by atoms with van der Waals surface area (Å²) in [5.41, 5.74) is 6.15. The van der Waals surface area contributed by atoms with Gasteiger partial charge < -0.3 is 30.6 Å². The van der Waals surface area contributed by atoms with E-state index in [1.165, 1.54) is 7.11 Å². The summed E-state index contributed by atoms with van der Waals surface area (Å²) in [4.78, 5) is 24.2. The molecular weight excluding hydrogens is 326 g/mol. The molecule has 1 heterocycles. The largest absolute Gasteiger partial charge is 0.493 e. The maximum Gasteiger partial charge on any atom is 0.251 e. The van der Waals surface area contributed by atoms with E-state index in [2.05, 4.69) is 10.6 Å². The van der Waals surface area contributed by atoms with Crippen molar-refractivity contribution >= 4 is 11.8 Å². The number of hydrogen-bond donors (Lipinski definition) is 3. The van der Waals surface area contributed by atoms with Gasteiger partial charge in [-0.1, -0.05) is 6.07 Å². The first-order valence-electron chi connectivity index (χ1n) is 8.21. The summed E-state index contributed by atoms with van der Waals surface area (Å²) in [6.45, 7) is 0.952. The number of carbonyl (C=O) groups excluding carboxylic acids is 2. The van der Waals surface area contributed by atoms with E-state index >= 15 is 0 Å². The molecule has 1 fully saturated rings. The van der Waals surface area contributed by atoms with Crippen LogP contribution < -0.4 is 25.8 Å². The molecule has 0 radical (unpaired) electrons. The molecule has 1 aromatic rings. The first kappa shape index (κ1) is 19.0. The number of methoxy groups -OCH3 is 2. The quantitative estimate of drug-likeness (QED) is 0.574. The van der Waals surface area contributed by atoms with Crippen LogP contribution in [0.4, 0.5) is 0 Å². The molecule has 1 aromatic carbocycles. The minimum atomic E-state index is -0.811. The topological polar surface area (TPSA) is 112 Å². The zero-order valence-corrected chi connectivity index (χ0v) is 14.5. The predicted octanol–water partition coefficient (Wildman–Crippen LogP) is 0.115. The average molecular weight is 351 g/mol. The molecule has 0 bridgehead atoms. The van der Waals surface area contributed by atoms with Gasteiger partial charge in [0, 0.05) is 6.54 Å². The fraction of sp³-hybridized carbons (Fsp3) is 0.529. The molecule has 0 saturated carbocycles. The number of hydrogen-bond acceptors (Lipinski definition) is 6. The van der Waals surface area contributed by atoms with Gasteiger partial charge >= 0.3 is 0 Å². The molecule has 1 saturated heterocycles. The second kappa shape index (κ2) is 9.24. The molecule has 0 spiro atoms. The second-order valence-electron chi connectivity index (χ2n) is 5.68. The molecule has 1 aliphatic rings. The lowest BCUT2D eigenvalue weighted by atomic mass is 9.98. The van der Waals surface area contributed by atoms with Gasteiger partial charge in [-0.05, 0) is 37.1 Å². The zero-order chi connectivity index (χ0) is 18.2. The van der Waals surface area contributed by atoms with Gasteiger partial charge in [0.15, 0.2) is 17.6 Å². The summed E-state index contributed by atoms with van der Waals surface area (Å²) in [6.07, 6.45) is 0.818. The van der Waals surface area contributed by atoms with Crippen LogP contribution in [0.25, 0.3) is 0 Å². The summed E-state index contributed by atoms with van der Waals surface area (Å²) in [5, 5.41) is 5.64. The molecule has 25 heavy (non-hydrogen) atoms. The van der Waals surface area contributed by atoms with Crippen molar-refractivity contribution in [3.63, 3.8) is 0 Å². The van der Waals surface area contributed by atoms with Gasteiger partial charge in [0.25, 0.3) is 5.91 Å². The zero-order valence-electron chi connectivity index (χ0n) is 14.5. The van der Waals surface area contributed by atoms with E-state index in [9.17, 15) is 9.59 Å². The van der Waals surface area contributed by atoms with Gasteiger partial charge in [-0.15, -0.1) is 0 Å². The smallest absolute Gasteiger partial charge is 0.251 e. The number of amides is 2. The molecule has 0 aromatic heterocycles. The first-order valence-corrected chi connectivity index (χ1v) is 8.21. The van der Waals surface area contributed by atoms with E-state index in [0.29, 0.717) is 30.2 Å². The minimum Gasteiger partial charge on any atom is -0.493 e. The highest BCUT2D eigenvalue weighted by Crippen LogP contribution is 2.32. The van der Waals surface area contributed by atoms with Crippen molar-refractivity contribution in [2.45, 2.75) is 25.0 Å². The van der Waals surface area contributed by atoms with Crippen molar-refractivity contribution in [3.05, 3.63) is 23.8 Å². The van der Waals surface area contributed by atoms with Crippen molar-refractivity contribution in [2.24, 2.45) is 5.73 Å². The molecule has 2 atom stereocenters. The van der Waals surface area contributed by atoms with Crippen LogP contribution in [0.5, 0.6) is 11.5 Å². The number of ether oxygens (including phenoxy) is 3. The lowest BCUT2D eigenvalue weighted by Crippen LogP contribution is -2.52. The standard InChI is InChI=1S/C17H25N3O5/c1-23-12-6-5-11(9-13(12)24-2)15-16(25-10-14(21)20-15)17(22)19-8-4-3-7-18/h5-6,9,15-16H,3-4,7-8,10,18H2,1-2H3,(H,19,22)(H,20,21)/t15-,16+/m1/s1. The number of benzene rings is 1. The maximum absolute atomic E-state index is 12.5. The normalized spacial score (nSPS) is 19.9. The Bertz CT molecular complexity index is 608. The number of nitrogens with one attached hydrogen (secondary N) is 2. The van der Waals surface area contributed by atoms with Crippen molar-refractivity contribution in [1.29, 1.82) is 0 Å². The van der Waals surface area contributed by atoms with Gasteiger partial charge in [0.2, 0.25) is 5.91 Å². The Balaban J connectivity index is 2.16. The molecule has 2 amide bonds. The predicted molar refractivity (Wildman–Crippen MR) is 91.5 cm³/mol. The van der Waals surface area contributed by atoms with Crippen molar-refractivity contribution < 1.29 is 23.8 Å². The molecule has 138 valence electrons. The highest BCUT2D eigenvalue weighted by atomic mass is 16.5. The Kier molecular flexibility index (Phi) is 7.03. The molecule has 0 unspecified atom stereocenters. The highest BCUT2D eigenvalue weighted by molar-refractivity contribution is 5.86. The first-order chi connectivity index (χ1) is 12.1. The van der Waals surface area contributed by atoms with Crippen molar-refractivity contribution in [3.8, 4) is 11.5 Å². The Morgan fingerprint density at radius 3 is 2.76 bits per heavy atom. The lowest BCUT2D eigenvalue weighted by Gasteiger charge is -2.32. The van der Waals surface area contributed by atoms with Crippen molar-refractivity contribution in [2.75, 3.05) is 33.9 Å². The maximum atomic E-state index is 12.5. The monoisotopic (exact) mass is 351 g/mol. The van der Waals surface area contributed by atoms with Gasteiger partial charge in [0.1, 0.15) is 6.61 Å². The lowest BCUT2D eigenvalue weighted by molar-refractivity contribution is -0.148. The number of nitrogens with two attached hydrogens (primary N) is 1. The molecule has 4 N–H and O–H groups in total. The summed E-state index contributed by atoms with van der Waals surface area (Å²) < 4.78 is 16.0. The Morgan fingerprint density at radius 1 is 1.32 bits per heavy atom. The molecular formula is C17H25N3O5. The Morgan fingerprint density at radius 2 is 2.08 bits per heavy atom. The van der Waals surface area contributed by atoms with E-state index in [-0.39, 0.29) is 18.4 Å². The summed E-state index contributed by atoms with van der Waals surface area (Å²) in [5.74, 6) is 0.544. The van der Waals surface area contributed by atoms with Crippen LogP contribution in [0.3, 0.4) is 0 Å². The Labute approximate surface area is 147 Å². The SMILES string of the molecule is COc1ccc([C@H]2NC(=O)CO[C@@H]2C(=O)NCCCCN)cc1OC. The van der Waals surface area contributed by atoms with E-state index in [0.717, 1.165) is 12.8 Å². The molecule has 2 rings (SSSR count). The summed E-state index contributed by atoms with van der Waals surface area (Å²) in [6, 6.07) is 4.63. The number of morpholine rings is 1.